The third-order valence-electron chi connectivity index (χ3n) is 3.99. The Hall–Kier alpha value is -2.43. The SMILES string of the molecule is O=C1CC[C@H](C(=O)NCCc2cnn(-c3ccccc3)c2)C1. The van der Waals surface area contributed by atoms with Crippen LogP contribution in [0.5, 0.6) is 0 Å². The summed E-state index contributed by atoms with van der Waals surface area (Å²) in [7, 11) is 0. The molecule has 5 nitrogen and oxygen atoms in total. The molecular weight excluding hydrogens is 278 g/mol. The van der Waals surface area contributed by atoms with Gasteiger partial charge >= 0.3 is 0 Å². The Kier molecular flexibility index (Phi) is 4.32. The quantitative estimate of drug-likeness (QED) is 0.916. The summed E-state index contributed by atoms with van der Waals surface area (Å²) in [5.41, 5.74) is 2.09. The number of benzene rings is 1. The number of Topliss-reactive ketones (excluding diaryl/α,β-unsaturated/α-hetero) is 1. The number of carbonyl (C=O) groups excluding carboxylic acids is 2. The van der Waals surface area contributed by atoms with Crippen molar-refractivity contribution in [3.8, 4) is 5.69 Å². The van der Waals surface area contributed by atoms with Crippen LogP contribution in [0.25, 0.3) is 5.69 Å². The number of hydrogen-bond donors (Lipinski definition) is 1. The van der Waals surface area contributed by atoms with Gasteiger partial charge in [0.15, 0.2) is 0 Å². The Morgan fingerprint density at radius 2 is 2.14 bits per heavy atom. The molecule has 1 N–H and O–H groups in total. The van der Waals surface area contributed by atoms with Crippen LogP contribution in [0.1, 0.15) is 24.8 Å². The molecule has 1 atom stereocenters. The molecule has 0 aliphatic heterocycles. The minimum absolute atomic E-state index is 0.00120. The molecule has 22 heavy (non-hydrogen) atoms. The Labute approximate surface area is 129 Å². The maximum Gasteiger partial charge on any atom is 0.223 e. The second-order valence-corrected chi connectivity index (χ2v) is 5.65. The molecule has 1 amide bonds. The van der Waals surface area contributed by atoms with E-state index >= 15 is 0 Å². The molecule has 1 aliphatic rings. The summed E-state index contributed by atoms with van der Waals surface area (Å²) in [4.78, 5) is 23.1. The molecule has 2 aromatic rings. The largest absolute Gasteiger partial charge is 0.356 e. The second kappa shape index (κ2) is 6.56. The fraction of sp³-hybridized carbons (Fsp3) is 0.353. The minimum Gasteiger partial charge on any atom is -0.356 e. The maximum atomic E-state index is 11.9. The Bertz CT molecular complexity index is 664. The lowest BCUT2D eigenvalue weighted by atomic mass is 10.1. The fourth-order valence-corrected chi connectivity index (χ4v) is 2.72. The molecule has 0 saturated heterocycles. The highest BCUT2D eigenvalue weighted by molar-refractivity contribution is 5.89. The van der Waals surface area contributed by atoms with Gasteiger partial charge in [-0.05, 0) is 30.5 Å². The lowest BCUT2D eigenvalue weighted by molar-refractivity contribution is -0.126. The molecule has 0 spiro atoms. The van der Waals surface area contributed by atoms with E-state index in [-0.39, 0.29) is 17.6 Å². The minimum atomic E-state index is -0.125. The van der Waals surface area contributed by atoms with Gasteiger partial charge in [-0.25, -0.2) is 4.68 Å². The topological polar surface area (TPSA) is 64.0 Å². The van der Waals surface area contributed by atoms with Crippen LogP contribution in [0.15, 0.2) is 42.7 Å². The molecule has 1 aliphatic carbocycles. The van der Waals surface area contributed by atoms with Gasteiger partial charge in [-0.2, -0.15) is 5.10 Å². The van der Waals surface area contributed by atoms with Crippen molar-refractivity contribution in [3.05, 3.63) is 48.3 Å². The van der Waals surface area contributed by atoms with Crippen LogP contribution in [0.3, 0.4) is 0 Å². The number of rotatable bonds is 5. The number of carbonyl (C=O) groups is 2. The number of aromatic nitrogens is 2. The highest BCUT2D eigenvalue weighted by atomic mass is 16.2. The van der Waals surface area contributed by atoms with Crippen LogP contribution >= 0.6 is 0 Å². The summed E-state index contributed by atoms with van der Waals surface area (Å²) in [6, 6.07) is 9.90. The summed E-state index contributed by atoms with van der Waals surface area (Å²) in [5.74, 6) is 0.0742. The third-order valence-corrected chi connectivity index (χ3v) is 3.99. The van der Waals surface area contributed by atoms with E-state index in [1.165, 1.54) is 0 Å². The standard InChI is InChI=1S/C17H19N3O2/c21-16-7-6-14(10-16)17(22)18-9-8-13-11-19-20(12-13)15-4-2-1-3-5-15/h1-5,11-12,14H,6-10H2,(H,18,22)/t14-/m0/s1. The van der Waals surface area contributed by atoms with Gasteiger partial charge in [0.2, 0.25) is 5.91 Å². The van der Waals surface area contributed by atoms with Crippen molar-refractivity contribution in [3.63, 3.8) is 0 Å². The van der Waals surface area contributed by atoms with E-state index < -0.39 is 0 Å². The first-order valence-electron chi connectivity index (χ1n) is 7.61. The monoisotopic (exact) mass is 297 g/mol. The number of ketones is 1. The second-order valence-electron chi connectivity index (χ2n) is 5.65. The van der Waals surface area contributed by atoms with Gasteiger partial charge < -0.3 is 5.32 Å². The maximum absolute atomic E-state index is 11.9. The molecule has 3 rings (SSSR count). The Balaban J connectivity index is 1.49. The van der Waals surface area contributed by atoms with Gasteiger partial charge in [-0.15, -0.1) is 0 Å². The van der Waals surface area contributed by atoms with Gasteiger partial charge in [0.1, 0.15) is 5.78 Å². The molecule has 1 fully saturated rings. The molecule has 1 saturated carbocycles. The van der Waals surface area contributed by atoms with Crippen molar-refractivity contribution in [2.24, 2.45) is 5.92 Å². The number of nitrogens with one attached hydrogen (secondary N) is 1. The van der Waals surface area contributed by atoms with Crippen LogP contribution in [0.2, 0.25) is 0 Å². The van der Waals surface area contributed by atoms with E-state index in [0.717, 1.165) is 17.7 Å². The zero-order valence-corrected chi connectivity index (χ0v) is 12.4. The molecule has 5 heteroatoms. The highest BCUT2D eigenvalue weighted by Gasteiger charge is 2.27. The number of amides is 1. The molecule has 1 heterocycles. The Morgan fingerprint density at radius 1 is 1.32 bits per heavy atom. The van der Waals surface area contributed by atoms with E-state index in [1.807, 2.05) is 47.4 Å². The van der Waals surface area contributed by atoms with E-state index in [0.29, 0.717) is 25.8 Å². The molecule has 1 aromatic carbocycles. The van der Waals surface area contributed by atoms with Crippen LogP contribution < -0.4 is 5.32 Å². The molecule has 114 valence electrons. The van der Waals surface area contributed by atoms with Crippen molar-refractivity contribution in [1.29, 1.82) is 0 Å². The van der Waals surface area contributed by atoms with Crippen molar-refractivity contribution < 1.29 is 9.59 Å². The van der Waals surface area contributed by atoms with E-state index in [9.17, 15) is 9.59 Å². The average molecular weight is 297 g/mol. The first-order valence-corrected chi connectivity index (χ1v) is 7.61. The molecule has 0 radical (unpaired) electrons. The third kappa shape index (κ3) is 3.42. The lowest BCUT2D eigenvalue weighted by Gasteiger charge is -2.08. The zero-order valence-electron chi connectivity index (χ0n) is 12.4. The summed E-state index contributed by atoms with van der Waals surface area (Å²) in [6.45, 7) is 0.573. The number of para-hydroxylation sites is 1. The van der Waals surface area contributed by atoms with Gasteiger partial charge in [0.25, 0.3) is 0 Å². The van der Waals surface area contributed by atoms with Crippen LogP contribution in [0.4, 0.5) is 0 Å². The van der Waals surface area contributed by atoms with Gasteiger partial charge in [-0.3, -0.25) is 9.59 Å². The van der Waals surface area contributed by atoms with Crippen LogP contribution in [-0.4, -0.2) is 28.0 Å². The van der Waals surface area contributed by atoms with Gasteiger partial charge in [0, 0.05) is 31.5 Å². The van der Waals surface area contributed by atoms with Crippen molar-refractivity contribution in [1.82, 2.24) is 15.1 Å². The average Bonchev–Trinajstić information content (AvgIpc) is 3.17. The summed E-state index contributed by atoms with van der Waals surface area (Å²) >= 11 is 0. The van der Waals surface area contributed by atoms with Crippen LogP contribution in [0, 0.1) is 5.92 Å². The van der Waals surface area contributed by atoms with Crippen molar-refractivity contribution in [2.45, 2.75) is 25.7 Å². The van der Waals surface area contributed by atoms with Crippen molar-refractivity contribution in [2.75, 3.05) is 6.54 Å². The number of nitrogens with zero attached hydrogens (tertiary/aromatic N) is 2. The first kappa shape index (κ1) is 14.5. The normalized spacial score (nSPS) is 17.6. The first-order chi connectivity index (χ1) is 10.7. The predicted molar refractivity (Wildman–Crippen MR) is 82.6 cm³/mol. The summed E-state index contributed by atoms with van der Waals surface area (Å²) in [6.07, 6.45) is 6.16. The molecule has 0 unspecified atom stereocenters. The highest BCUT2D eigenvalue weighted by Crippen LogP contribution is 2.21. The lowest BCUT2D eigenvalue weighted by Crippen LogP contribution is -2.31. The Morgan fingerprint density at radius 3 is 2.86 bits per heavy atom. The van der Waals surface area contributed by atoms with E-state index in [2.05, 4.69) is 10.4 Å². The van der Waals surface area contributed by atoms with Crippen LogP contribution in [-0.2, 0) is 16.0 Å². The van der Waals surface area contributed by atoms with Gasteiger partial charge in [-0.1, -0.05) is 18.2 Å². The summed E-state index contributed by atoms with van der Waals surface area (Å²) in [5, 5.41) is 7.25. The summed E-state index contributed by atoms with van der Waals surface area (Å²) < 4.78 is 1.83. The van der Waals surface area contributed by atoms with E-state index in [4.69, 9.17) is 0 Å². The fourth-order valence-electron chi connectivity index (χ4n) is 2.72. The van der Waals surface area contributed by atoms with Crippen molar-refractivity contribution >= 4 is 11.7 Å². The predicted octanol–water partition coefficient (Wildman–Crippen LogP) is 1.90. The van der Waals surface area contributed by atoms with E-state index in [1.54, 1.807) is 0 Å². The smallest absolute Gasteiger partial charge is 0.223 e. The van der Waals surface area contributed by atoms with Gasteiger partial charge in [0.05, 0.1) is 11.9 Å². The molecule has 1 aromatic heterocycles. The zero-order chi connectivity index (χ0) is 15.4. The molecule has 0 bridgehead atoms. The molecular formula is C17H19N3O2. The number of hydrogen-bond acceptors (Lipinski definition) is 3.